The van der Waals surface area contributed by atoms with E-state index in [0.29, 0.717) is 24.5 Å². The SMILES string of the molecule is COC(=O)CCCNC(=S)N(C)Cc1ccc(C)cc1. The van der Waals surface area contributed by atoms with Crippen LogP contribution in [-0.4, -0.2) is 36.7 Å². The Labute approximate surface area is 126 Å². The summed E-state index contributed by atoms with van der Waals surface area (Å²) in [7, 11) is 3.35. The number of rotatable bonds is 6. The van der Waals surface area contributed by atoms with Crippen molar-refractivity contribution in [3.05, 3.63) is 35.4 Å². The van der Waals surface area contributed by atoms with E-state index in [1.54, 1.807) is 0 Å². The lowest BCUT2D eigenvalue weighted by molar-refractivity contribution is -0.140. The summed E-state index contributed by atoms with van der Waals surface area (Å²) in [5, 5.41) is 3.83. The lowest BCUT2D eigenvalue weighted by Gasteiger charge is -2.21. The second kappa shape index (κ2) is 8.53. The second-order valence-electron chi connectivity index (χ2n) is 4.75. The zero-order valence-electron chi connectivity index (χ0n) is 12.3. The van der Waals surface area contributed by atoms with Crippen molar-refractivity contribution in [2.24, 2.45) is 0 Å². The van der Waals surface area contributed by atoms with Gasteiger partial charge in [-0.15, -0.1) is 0 Å². The fraction of sp³-hybridized carbons (Fsp3) is 0.467. The summed E-state index contributed by atoms with van der Waals surface area (Å²) in [6.07, 6.45) is 1.12. The first-order valence-corrected chi connectivity index (χ1v) is 7.05. The molecule has 0 unspecified atom stereocenters. The number of esters is 1. The minimum Gasteiger partial charge on any atom is -0.469 e. The number of nitrogens with zero attached hydrogens (tertiary/aromatic N) is 1. The first-order chi connectivity index (χ1) is 9.52. The molecule has 1 N–H and O–H groups in total. The molecular formula is C15H22N2O2S. The number of nitrogens with one attached hydrogen (secondary N) is 1. The number of thiocarbonyl (C=S) groups is 1. The van der Waals surface area contributed by atoms with Crippen molar-refractivity contribution < 1.29 is 9.53 Å². The molecule has 5 heteroatoms. The molecule has 0 atom stereocenters. The molecule has 1 aromatic carbocycles. The Morgan fingerprint density at radius 3 is 2.60 bits per heavy atom. The Morgan fingerprint density at radius 1 is 1.35 bits per heavy atom. The number of carbonyl (C=O) groups is 1. The molecule has 0 amide bonds. The van der Waals surface area contributed by atoms with E-state index >= 15 is 0 Å². The number of methoxy groups -OCH3 is 1. The van der Waals surface area contributed by atoms with Crippen molar-refractivity contribution >= 4 is 23.3 Å². The maximum Gasteiger partial charge on any atom is 0.305 e. The monoisotopic (exact) mass is 294 g/mol. The van der Waals surface area contributed by atoms with E-state index in [9.17, 15) is 4.79 Å². The van der Waals surface area contributed by atoms with E-state index in [0.717, 1.165) is 6.54 Å². The molecule has 0 spiro atoms. The summed E-state index contributed by atoms with van der Waals surface area (Å²) in [6.45, 7) is 3.51. The van der Waals surface area contributed by atoms with Gasteiger partial charge in [0.2, 0.25) is 0 Å². The summed E-state index contributed by atoms with van der Waals surface area (Å²) < 4.78 is 4.58. The third-order valence-corrected chi connectivity index (χ3v) is 3.40. The van der Waals surface area contributed by atoms with Crippen LogP contribution in [0.2, 0.25) is 0 Å². The number of carbonyl (C=O) groups excluding carboxylic acids is 1. The van der Waals surface area contributed by atoms with Gasteiger partial charge in [-0.2, -0.15) is 0 Å². The van der Waals surface area contributed by atoms with E-state index in [1.165, 1.54) is 18.2 Å². The van der Waals surface area contributed by atoms with Gasteiger partial charge in [-0.25, -0.2) is 0 Å². The first kappa shape index (κ1) is 16.4. The van der Waals surface area contributed by atoms with Crippen LogP contribution in [0.25, 0.3) is 0 Å². The van der Waals surface area contributed by atoms with Crippen molar-refractivity contribution in [2.45, 2.75) is 26.3 Å². The molecule has 0 aliphatic carbocycles. The van der Waals surface area contributed by atoms with Gasteiger partial charge in [0.15, 0.2) is 5.11 Å². The predicted octanol–water partition coefficient (Wildman–Crippen LogP) is 2.25. The minimum absolute atomic E-state index is 0.189. The van der Waals surface area contributed by atoms with Crippen molar-refractivity contribution in [1.29, 1.82) is 0 Å². The smallest absolute Gasteiger partial charge is 0.305 e. The lowest BCUT2D eigenvalue weighted by atomic mass is 10.1. The van der Waals surface area contributed by atoms with E-state index in [-0.39, 0.29) is 5.97 Å². The maximum absolute atomic E-state index is 11.0. The molecule has 0 bridgehead atoms. The summed E-state index contributed by atoms with van der Waals surface area (Å²) in [4.78, 5) is 13.0. The summed E-state index contributed by atoms with van der Waals surface area (Å²) in [5.41, 5.74) is 2.47. The van der Waals surface area contributed by atoms with Crippen LogP contribution in [0.4, 0.5) is 0 Å². The highest BCUT2D eigenvalue weighted by atomic mass is 32.1. The average molecular weight is 294 g/mol. The van der Waals surface area contributed by atoms with E-state index in [4.69, 9.17) is 12.2 Å². The van der Waals surface area contributed by atoms with Crippen molar-refractivity contribution in [3.63, 3.8) is 0 Å². The quantitative estimate of drug-likeness (QED) is 0.495. The molecule has 0 saturated carbocycles. The zero-order valence-corrected chi connectivity index (χ0v) is 13.1. The molecular weight excluding hydrogens is 272 g/mol. The van der Waals surface area contributed by atoms with Gasteiger partial charge in [-0.05, 0) is 31.1 Å². The second-order valence-corrected chi connectivity index (χ2v) is 5.14. The highest BCUT2D eigenvalue weighted by Crippen LogP contribution is 2.06. The van der Waals surface area contributed by atoms with Gasteiger partial charge in [0, 0.05) is 26.6 Å². The van der Waals surface area contributed by atoms with Gasteiger partial charge < -0.3 is 15.0 Å². The normalized spacial score (nSPS) is 9.95. The Hall–Kier alpha value is -1.62. The molecule has 110 valence electrons. The predicted molar refractivity (Wildman–Crippen MR) is 84.5 cm³/mol. The van der Waals surface area contributed by atoms with Gasteiger partial charge in [0.05, 0.1) is 7.11 Å². The average Bonchev–Trinajstić information content (AvgIpc) is 2.45. The molecule has 4 nitrogen and oxygen atoms in total. The Balaban J connectivity index is 2.28. The molecule has 0 radical (unpaired) electrons. The summed E-state index contributed by atoms with van der Waals surface area (Å²) in [5.74, 6) is -0.189. The van der Waals surface area contributed by atoms with E-state index in [2.05, 4.69) is 41.2 Å². The van der Waals surface area contributed by atoms with Crippen LogP contribution < -0.4 is 5.32 Å². The largest absolute Gasteiger partial charge is 0.469 e. The van der Waals surface area contributed by atoms with Crippen LogP contribution in [0.3, 0.4) is 0 Å². The molecule has 0 aromatic heterocycles. The molecule has 20 heavy (non-hydrogen) atoms. The number of hydrogen-bond acceptors (Lipinski definition) is 3. The molecule has 0 heterocycles. The standard InChI is InChI=1S/C15H22N2O2S/c1-12-6-8-13(9-7-12)11-17(2)15(20)16-10-4-5-14(18)19-3/h6-9H,4-5,10-11H2,1-3H3,(H,16,20). The van der Waals surface area contributed by atoms with Gasteiger partial charge in [-0.1, -0.05) is 29.8 Å². The first-order valence-electron chi connectivity index (χ1n) is 6.64. The number of aryl methyl sites for hydroxylation is 1. The number of ether oxygens (including phenoxy) is 1. The molecule has 1 aromatic rings. The van der Waals surface area contributed by atoms with Crippen LogP contribution in [-0.2, 0) is 16.1 Å². The minimum atomic E-state index is -0.189. The fourth-order valence-corrected chi connectivity index (χ4v) is 1.87. The van der Waals surface area contributed by atoms with Crippen molar-refractivity contribution in [1.82, 2.24) is 10.2 Å². The van der Waals surface area contributed by atoms with Gasteiger partial charge in [0.25, 0.3) is 0 Å². The Morgan fingerprint density at radius 2 is 2.00 bits per heavy atom. The Kier molecular flexibility index (Phi) is 7.01. The fourth-order valence-electron chi connectivity index (χ4n) is 1.70. The molecule has 1 rings (SSSR count). The third-order valence-electron chi connectivity index (χ3n) is 2.95. The van der Waals surface area contributed by atoms with Gasteiger partial charge in [-0.3, -0.25) is 4.79 Å². The van der Waals surface area contributed by atoms with E-state index in [1.807, 2.05) is 11.9 Å². The van der Waals surface area contributed by atoms with Crippen LogP contribution >= 0.6 is 12.2 Å². The topological polar surface area (TPSA) is 41.6 Å². The molecule has 0 fully saturated rings. The summed E-state index contributed by atoms with van der Waals surface area (Å²) in [6, 6.07) is 8.39. The van der Waals surface area contributed by atoms with Crippen molar-refractivity contribution in [2.75, 3.05) is 20.7 Å². The molecule has 0 aliphatic rings. The van der Waals surface area contributed by atoms with Gasteiger partial charge >= 0.3 is 5.97 Å². The maximum atomic E-state index is 11.0. The summed E-state index contributed by atoms with van der Waals surface area (Å²) >= 11 is 5.31. The third kappa shape index (κ3) is 6.02. The zero-order chi connectivity index (χ0) is 15.0. The highest BCUT2D eigenvalue weighted by Gasteiger charge is 2.05. The highest BCUT2D eigenvalue weighted by molar-refractivity contribution is 7.80. The van der Waals surface area contributed by atoms with Gasteiger partial charge in [0.1, 0.15) is 0 Å². The lowest BCUT2D eigenvalue weighted by Crippen LogP contribution is -2.37. The van der Waals surface area contributed by atoms with Crippen LogP contribution in [0, 0.1) is 6.92 Å². The Bertz CT molecular complexity index is 446. The van der Waals surface area contributed by atoms with E-state index < -0.39 is 0 Å². The molecule has 0 aliphatic heterocycles. The number of benzene rings is 1. The van der Waals surface area contributed by atoms with Crippen LogP contribution in [0.1, 0.15) is 24.0 Å². The van der Waals surface area contributed by atoms with Crippen LogP contribution in [0.15, 0.2) is 24.3 Å². The van der Waals surface area contributed by atoms with Crippen LogP contribution in [0.5, 0.6) is 0 Å². The number of hydrogen-bond donors (Lipinski definition) is 1. The molecule has 0 saturated heterocycles. The van der Waals surface area contributed by atoms with Crippen molar-refractivity contribution in [3.8, 4) is 0 Å².